The van der Waals surface area contributed by atoms with E-state index in [0.717, 1.165) is 42.8 Å². The van der Waals surface area contributed by atoms with Gasteiger partial charge in [0.25, 0.3) is 17.7 Å². The summed E-state index contributed by atoms with van der Waals surface area (Å²) in [5.41, 5.74) is 2.30. The SMILES string of the molecule is Cc1ccc(N2C(=O)C(Cl)=C(Nc3ccc(C(=O)N4CCCCC4)cc3)C2=O)cc1Cl. The molecule has 2 aromatic rings. The van der Waals surface area contributed by atoms with E-state index in [-0.39, 0.29) is 16.6 Å². The Hall–Kier alpha value is -2.83. The average molecular weight is 458 g/mol. The number of halogens is 2. The lowest BCUT2D eigenvalue weighted by atomic mass is 10.1. The second-order valence-electron chi connectivity index (χ2n) is 7.62. The van der Waals surface area contributed by atoms with Gasteiger partial charge in [0, 0.05) is 29.4 Å². The maximum atomic E-state index is 12.9. The van der Waals surface area contributed by atoms with E-state index in [4.69, 9.17) is 23.2 Å². The Morgan fingerprint density at radius 1 is 0.935 bits per heavy atom. The number of amides is 3. The molecule has 0 unspecified atom stereocenters. The maximum absolute atomic E-state index is 12.9. The van der Waals surface area contributed by atoms with Crippen LogP contribution in [0.1, 0.15) is 35.2 Å². The first-order valence-corrected chi connectivity index (χ1v) is 10.8. The molecular formula is C23H21Cl2N3O3. The van der Waals surface area contributed by atoms with Crippen LogP contribution in [0, 0.1) is 6.92 Å². The van der Waals surface area contributed by atoms with Crippen LogP contribution in [0.25, 0.3) is 0 Å². The lowest BCUT2D eigenvalue weighted by molar-refractivity contribution is -0.120. The summed E-state index contributed by atoms with van der Waals surface area (Å²) in [6.07, 6.45) is 3.20. The summed E-state index contributed by atoms with van der Waals surface area (Å²) in [5.74, 6) is -1.19. The number of benzene rings is 2. The summed E-state index contributed by atoms with van der Waals surface area (Å²) in [6.45, 7) is 3.38. The van der Waals surface area contributed by atoms with Gasteiger partial charge in [0.2, 0.25) is 0 Å². The minimum absolute atomic E-state index is 0.00181. The normalized spacial score (nSPS) is 16.9. The third-order valence-electron chi connectivity index (χ3n) is 5.49. The fourth-order valence-corrected chi connectivity index (χ4v) is 4.07. The van der Waals surface area contributed by atoms with Gasteiger partial charge in [-0.15, -0.1) is 0 Å². The molecule has 1 saturated heterocycles. The molecule has 6 nitrogen and oxygen atoms in total. The quantitative estimate of drug-likeness (QED) is 0.674. The van der Waals surface area contributed by atoms with Crippen LogP contribution in [0.5, 0.6) is 0 Å². The first-order valence-electron chi connectivity index (χ1n) is 10.1. The number of carbonyl (C=O) groups is 3. The molecule has 3 amide bonds. The van der Waals surface area contributed by atoms with Crippen LogP contribution in [0.15, 0.2) is 53.2 Å². The monoisotopic (exact) mass is 457 g/mol. The summed E-state index contributed by atoms with van der Waals surface area (Å²) in [7, 11) is 0. The van der Waals surface area contributed by atoms with Crippen molar-refractivity contribution in [2.75, 3.05) is 23.3 Å². The van der Waals surface area contributed by atoms with E-state index in [1.807, 2.05) is 11.8 Å². The molecule has 0 bridgehead atoms. The van der Waals surface area contributed by atoms with Crippen LogP contribution in [-0.4, -0.2) is 35.7 Å². The maximum Gasteiger partial charge on any atom is 0.283 e. The number of nitrogens with zero attached hydrogens (tertiary/aromatic N) is 2. The Morgan fingerprint density at radius 3 is 2.26 bits per heavy atom. The number of imide groups is 1. The van der Waals surface area contributed by atoms with Gasteiger partial charge in [-0.3, -0.25) is 14.4 Å². The zero-order valence-electron chi connectivity index (χ0n) is 17.0. The summed E-state index contributed by atoms with van der Waals surface area (Å²) in [6, 6.07) is 11.7. The first kappa shape index (κ1) is 21.4. The second kappa shape index (κ2) is 8.73. The zero-order valence-corrected chi connectivity index (χ0v) is 18.5. The Kier molecular flexibility index (Phi) is 6.03. The number of hydrogen-bond acceptors (Lipinski definition) is 4. The Morgan fingerprint density at radius 2 is 1.61 bits per heavy atom. The molecule has 2 aliphatic heterocycles. The van der Waals surface area contributed by atoms with Crippen LogP contribution in [0.3, 0.4) is 0 Å². The molecule has 0 radical (unpaired) electrons. The molecule has 8 heteroatoms. The summed E-state index contributed by atoms with van der Waals surface area (Å²) >= 11 is 12.3. The van der Waals surface area contributed by atoms with E-state index in [1.165, 1.54) is 0 Å². The van der Waals surface area contributed by atoms with Gasteiger partial charge < -0.3 is 10.2 Å². The topological polar surface area (TPSA) is 69.7 Å². The predicted molar refractivity (Wildman–Crippen MR) is 121 cm³/mol. The van der Waals surface area contributed by atoms with Gasteiger partial charge in [0.15, 0.2) is 0 Å². The van der Waals surface area contributed by atoms with Gasteiger partial charge in [-0.2, -0.15) is 0 Å². The van der Waals surface area contributed by atoms with Crippen LogP contribution < -0.4 is 10.2 Å². The van der Waals surface area contributed by atoms with Gasteiger partial charge in [-0.05, 0) is 68.1 Å². The molecule has 2 aliphatic rings. The minimum atomic E-state index is -0.619. The average Bonchev–Trinajstić information content (AvgIpc) is 2.99. The van der Waals surface area contributed by atoms with Gasteiger partial charge in [-0.25, -0.2) is 4.90 Å². The number of nitrogens with one attached hydrogen (secondary N) is 1. The van der Waals surface area contributed by atoms with Crippen molar-refractivity contribution in [3.05, 3.63) is 69.3 Å². The summed E-state index contributed by atoms with van der Waals surface area (Å²) < 4.78 is 0. The summed E-state index contributed by atoms with van der Waals surface area (Å²) in [5, 5.41) is 3.17. The zero-order chi connectivity index (χ0) is 22.1. The number of anilines is 2. The van der Waals surface area contributed by atoms with Crippen LogP contribution in [0.2, 0.25) is 5.02 Å². The fraction of sp³-hybridized carbons (Fsp3) is 0.261. The lowest BCUT2D eigenvalue weighted by Gasteiger charge is -2.26. The van der Waals surface area contributed by atoms with Crippen molar-refractivity contribution < 1.29 is 14.4 Å². The van der Waals surface area contributed by atoms with Crippen molar-refractivity contribution in [2.45, 2.75) is 26.2 Å². The van der Waals surface area contributed by atoms with E-state index in [9.17, 15) is 14.4 Å². The molecule has 4 rings (SSSR count). The van der Waals surface area contributed by atoms with E-state index in [0.29, 0.717) is 22.0 Å². The molecule has 2 heterocycles. The van der Waals surface area contributed by atoms with Crippen LogP contribution in [-0.2, 0) is 9.59 Å². The Balaban J connectivity index is 1.51. The van der Waals surface area contributed by atoms with E-state index in [2.05, 4.69) is 5.32 Å². The molecule has 160 valence electrons. The standard InChI is InChI=1S/C23H21Cl2N3O3/c1-14-5-10-17(13-18(14)24)28-22(30)19(25)20(23(28)31)26-16-8-6-15(7-9-16)21(29)27-11-3-2-4-12-27/h5-10,13,26H,2-4,11-12H2,1H3. The van der Waals surface area contributed by atoms with Crippen molar-refractivity contribution in [2.24, 2.45) is 0 Å². The van der Waals surface area contributed by atoms with Crippen molar-refractivity contribution >= 4 is 52.3 Å². The molecule has 31 heavy (non-hydrogen) atoms. The highest BCUT2D eigenvalue weighted by Crippen LogP contribution is 2.32. The van der Waals surface area contributed by atoms with Gasteiger partial charge >= 0.3 is 0 Å². The number of piperidine rings is 1. The fourth-order valence-electron chi connectivity index (χ4n) is 3.69. The Bertz CT molecular complexity index is 1090. The van der Waals surface area contributed by atoms with Crippen LogP contribution in [0.4, 0.5) is 11.4 Å². The van der Waals surface area contributed by atoms with Crippen molar-refractivity contribution in [3.8, 4) is 0 Å². The van der Waals surface area contributed by atoms with Gasteiger partial charge in [-0.1, -0.05) is 29.3 Å². The number of rotatable bonds is 4. The van der Waals surface area contributed by atoms with Crippen molar-refractivity contribution in [3.63, 3.8) is 0 Å². The molecular weight excluding hydrogens is 437 g/mol. The molecule has 0 spiro atoms. The smallest absolute Gasteiger partial charge is 0.283 e. The van der Waals surface area contributed by atoms with Gasteiger partial charge in [0.05, 0.1) is 5.69 Å². The third kappa shape index (κ3) is 4.18. The lowest BCUT2D eigenvalue weighted by Crippen LogP contribution is -2.35. The van der Waals surface area contributed by atoms with E-state index in [1.54, 1.807) is 42.5 Å². The van der Waals surface area contributed by atoms with Crippen molar-refractivity contribution in [1.29, 1.82) is 0 Å². The molecule has 1 fully saturated rings. The number of hydrogen-bond donors (Lipinski definition) is 1. The molecule has 1 N–H and O–H groups in total. The largest absolute Gasteiger partial charge is 0.350 e. The summed E-state index contributed by atoms with van der Waals surface area (Å²) in [4.78, 5) is 41.0. The highest BCUT2D eigenvalue weighted by Gasteiger charge is 2.39. The second-order valence-corrected chi connectivity index (χ2v) is 8.41. The first-order chi connectivity index (χ1) is 14.9. The number of likely N-dealkylation sites (tertiary alicyclic amines) is 1. The molecule has 0 aliphatic carbocycles. The van der Waals surface area contributed by atoms with Gasteiger partial charge in [0.1, 0.15) is 10.7 Å². The third-order valence-corrected chi connectivity index (χ3v) is 6.24. The Labute approximate surface area is 190 Å². The molecule has 0 aromatic heterocycles. The predicted octanol–water partition coefficient (Wildman–Crippen LogP) is 4.71. The highest BCUT2D eigenvalue weighted by atomic mass is 35.5. The van der Waals surface area contributed by atoms with E-state index < -0.39 is 11.8 Å². The molecule has 2 aromatic carbocycles. The minimum Gasteiger partial charge on any atom is -0.350 e. The molecule has 0 saturated carbocycles. The van der Waals surface area contributed by atoms with Crippen LogP contribution >= 0.6 is 23.2 Å². The number of carbonyl (C=O) groups excluding carboxylic acids is 3. The van der Waals surface area contributed by atoms with Crippen molar-refractivity contribution in [1.82, 2.24) is 4.90 Å². The number of aryl methyl sites for hydroxylation is 1. The van der Waals surface area contributed by atoms with E-state index >= 15 is 0 Å². The highest BCUT2D eigenvalue weighted by molar-refractivity contribution is 6.53. The molecule has 0 atom stereocenters.